The van der Waals surface area contributed by atoms with E-state index in [2.05, 4.69) is 11.4 Å². The van der Waals surface area contributed by atoms with Crippen LogP contribution >= 0.6 is 11.6 Å². The number of benzene rings is 1. The number of rotatable bonds is 1. The van der Waals surface area contributed by atoms with Gasteiger partial charge in [-0.05, 0) is 37.9 Å². The predicted molar refractivity (Wildman–Crippen MR) is 62.8 cm³/mol. The largest absolute Gasteiger partial charge is 0.506 e. The molecule has 0 aliphatic carbocycles. The first kappa shape index (κ1) is 10.8. The summed E-state index contributed by atoms with van der Waals surface area (Å²) in [6.45, 7) is 5.92. The lowest BCUT2D eigenvalue weighted by Gasteiger charge is -2.16. The minimum absolute atomic E-state index is 0.280. The summed E-state index contributed by atoms with van der Waals surface area (Å²) < 4.78 is 0. The Bertz CT molecular complexity index is 384. The van der Waals surface area contributed by atoms with E-state index in [1.165, 1.54) is 0 Å². The number of halogens is 1. The van der Waals surface area contributed by atoms with Crippen LogP contribution in [0.3, 0.4) is 0 Å². The Labute approximate surface area is 95.3 Å². The number of aryl methyl sites for hydroxylation is 2. The molecule has 0 bridgehead atoms. The van der Waals surface area contributed by atoms with Gasteiger partial charge in [-0.1, -0.05) is 17.7 Å². The van der Waals surface area contributed by atoms with Gasteiger partial charge < -0.3 is 10.4 Å². The van der Waals surface area contributed by atoms with Crippen molar-refractivity contribution < 1.29 is 5.11 Å². The molecule has 2 rings (SSSR count). The molecule has 82 valence electrons. The van der Waals surface area contributed by atoms with E-state index < -0.39 is 0 Å². The van der Waals surface area contributed by atoms with Crippen molar-refractivity contribution in [3.8, 4) is 5.75 Å². The summed E-state index contributed by atoms with van der Waals surface area (Å²) in [4.78, 5) is 0. The van der Waals surface area contributed by atoms with Crippen LogP contribution in [-0.4, -0.2) is 18.2 Å². The summed E-state index contributed by atoms with van der Waals surface area (Å²) in [7, 11) is 0. The predicted octanol–water partition coefficient (Wildman–Crippen LogP) is 2.74. The maximum absolute atomic E-state index is 10.1. The van der Waals surface area contributed by atoms with E-state index >= 15 is 0 Å². The molecule has 1 fully saturated rings. The van der Waals surface area contributed by atoms with Crippen LogP contribution in [-0.2, 0) is 0 Å². The highest BCUT2D eigenvalue weighted by Gasteiger charge is 2.23. The molecule has 3 heteroatoms. The number of hydrogen-bond acceptors (Lipinski definition) is 2. The Morgan fingerprint density at radius 1 is 1.40 bits per heavy atom. The van der Waals surface area contributed by atoms with Crippen molar-refractivity contribution in [3.63, 3.8) is 0 Å². The van der Waals surface area contributed by atoms with Crippen LogP contribution in [0.4, 0.5) is 0 Å². The molecule has 1 aromatic carbocycles. The van der Waals surface area contributed by atoms with Gasteiger partial charge in [-0.2, -0.15) is 0 Å². The molecule has 0 aromatic heterocycles. The minimum atomic E-state index is 0.280. The highest BCUT2D eigenvalue weighted by atomic mass is 35.5. The van der Waals surface area contributed by atoms with Gasteiger partial charge in [-0.15, -0.1) is 0 Å². The van der Waals surface area contributed by atoms with Gasteiger partial charge in [0.2, 0.25) is 0 Å². The van der Waals surface area contributed by atoms with Gasteiger partial charge in [0.25, 0.3) is 0 Å². The van der Waals surface area contributed by atoms with E-state index in [4.69, 9.17) is 11.6 Å². The average Bonchev–Trinajstić information content (AvgIpc) is 2.68. The maximum atomic E-state index is 10.1. The summed E-state index contributed by atoms with van der Waals surface area (Å²) in [5, 5.41) is 13.9. The maximum Gasteiger partial charge on any atom is 0.138 e. The number of phenols is 1. The first-order chi connectivity index (χ1) is 7.11. The zero-order valence-corrected chi connectivity index (χ0v) is 9.86. The molecule has 1 saturated heterocycles. The van der Waals surface area contributed by atoms with Crippen LogP contribution in [0.5, 0.6) is 5.75 Å². The first-order valence-electron chi connectivity index (χ1n) is 5.30. The Kier molecular flexibility index (Phi) is 2.89. The van der Waals surface area contributed by atoms with E-state index in [1.54, 1.807) is 0 Å². The van der Waals surface area contributed by atoms with Gasteiger partial charge in [0, 0.05) is 18.0 Å². The van der Waals surface area contributed by atoms with Crippen LogP contribution in [0.15, 0.2) is 6.07 Å². The number of phenolic OH excluding ortho intramolecular Hbond substituents is 1. The molecule has 1 aliphatic rings. The highest BCUT2D eigenvalue weighted by Crippen LogP contribution is 2.39. The van der Waals surface area contributed by atoms with E-state index in [1.807, 2.05) is 13.8 Å². The quantitative estimate of drug-likeness (QED) is 0.771. The van der Waals surface area contributed by atoms with Gasteiger partial charge in [-0.3, -0.25) is 0 Å². The fourth-order valence-corrected chi connectivity index (χ4v) is 2.53. The Morgan fingerprint density at radius 2 is 2.13 bits per heavy atom. The molecule has 0 spiro atoms. The van der Waals surface area contributed by atoms with Crippen molar-refractivity contribution in [2.75, 3.05) is 13.1 Å². The van der Waals surface area contributed by atoms with Crippen molar-refractivity contribution in [1.82, 2.24) is 5.32 Å². The van der Waals surface area contributed by atoms with Crippen LogP contribution in [0.1, 0.15) is 29.0 Å². The molecule has 1 atom stereocenters. The van der Waals surface area contributed by atoms with Gasteiger partial charge in [0.1, 0.15) is 5.75 Å². The third kappa shape index (κ3) is 1.84. The van der Waals surface area contributed by atoms with Crippen molar-refractivity contribution in [1.29, 1.82) is 0 Å². The fourth-order valence-electron chi connectivity index (χ4n) is 2.37. The van der Waals surface area contributed by atoms with Crippen LogP contribution in [0.2, 0.25) is 5.02 Å². The standard InChI is InChI=1S/C12H16ClNO/c1-7-5-8(2)11(13)12(15)10(7)9-3-4-14-6-9/h5,9,14-15H,3-4,6H2,1-2H3. The molecule has 1 aromatic rings. The number of aromatic hydroxyl groups is 1. The summed E-state index contributed by atoms with van der Waals surface area (Å²) in [5.41, 5.74) is 3.11. The van der Waals surface area contributed by atoms with E-state index in [0.717, 1.165) is 36.2 Å². The second-order valence-corrected chi connectivity index (χ2v) is 4.65. The van der Waals surface area contributed by atoms with Gasteiger partial charge in [-0.25, -0.2) is 0 Å². The monoisotopic (exact) mass is 225 g/mol. The third-order valence-corrected chi connectivity index (χ3v) is 3.61. The van der Waals surface area contributed by atoms with Crippen LogP contribution in [0.25, 0.3) is 0 Å². The Morgan fingerprint density at radius 3 is 2.73 bits per heavy atom. The van der Waals surface area contributed by atoms with E-state index in [9.17, 15) is 5.11 Å². The molecular formula is C12H16ClNO. The summed E-state index contributed by atoms with van der Waals surface area (Å²) in [6.07, 6.45) is 1.08. The SMILES string of the molecule is Cc1cc(C)c(C2CCNC2)c(O)c1Cl. The first-order valence-corrected chi connectivity index (χ1v) is 5.68. The summed E-state index contributed by atoms with van der Waals surface area (Å²) in [6, 6.07) is 2.05. The second-order valence-electron chi connectivity index (χ2n) is 4.28. The zero-order valence-electron chi connectivity index (χ0n) is 9.10. The minimum Gasteiger partial charge on any atom is -0.506 e. The van der Waals surface area contributed by atoms with Gasteiger partial charge >= 0.3 is 0 Å². The second kappa shape index (κ2) is 4.03. The van der Waals surface area contributed by atoms with Crippen molar-refractivity contribution in [2.24, 2.45) is 0 Å². The lowest BCUT2D eigenvalue weighted by Crippen LogP contribution is -2.09. The number of hydrogen-bond donors (Lipinski definition) is 2. The normalized spacial score (nSPS) is 20.9. The molecule has 2 nitrogen and oxygen atoms in total. The Hall–Kier alpha value is -0.730. The van der Waals surface area contributed by atoms with Crippen molar-refractivity contribution in [3.05, 3.63) is 27.8 Å². The third-order valence-electron chi connectivity index (χ3n) is 3.14. The smallest absolute Gasteiger partial charge is 0.138 e. The van der Waals surface area contributed by atoms with Crippen molar-refractivity contribution >= 4 is 11.6 Å². The average molecular weight is 226 g/mol. The molecule has 0 amide bonds. The molecule has 15 heavy (non-hydrogen) atoms. The molecule has 1 aliphatic heterocycles. The molecule has 1 heterocycles. The van der Waals surface area contributed by atoms with E-state index in [0.29, 0.717) is 10.9 Å². The number of nitrogens with one attached hydrogen (secondary N) is 1. The van der Waals surface area contributed by atoms with Gasteiger partial charge in [0.15, 0.2) is 0 Å². The highest BCUT2D eigenvalue weighted by molar-refractivity contribution is 6.32. The van der Waals surface area contributed by atoms with Gasteiger partial charge in [0.05, 0.1) is 5.02 Å². The van der Waals surface area contributed by atoms with Crippen LogP contribution in [0, 0.1) is 13.8 Å². The topological polar surface area (TPSA) is 32.3 Å². The van der Waals surface area contributed by atoms with Crippen LogP contribution < -0.4 is 5.32 Å². The molecular weight excluding hydrogens is 210 g/mol. The molecule has 1 unspecified atom stereocenters. The Balaban J connectivity index is 2.50. The van der Waals surface area contributed by atoms with Crippen molar-refractivity contribution in [2.45, 2.75) is 26.2 Å². The fraction of sp³-hybridized carbons (Fsp3) is 0.500. The van der Waals surface area contributed by atoms with E-state index in [-0.39, 0.29) is 5.75 Å². The zero-order chi connectivity index (χ0) is 11.0. The summed E-state index contributed by atoms with van der Waals surface area (Å²) in [5.74, 6) is 0.686. The summed E-state index contributed by atoms with van der Waals surface area (Å²) >= 11 is 6.06. The molecule has 0 radical (unpaired) electrons. The molecule has 0 saturated carbocycles. The lowest BCUT2D eigenvalue weighted by atomic mass is 9.92. The molecule has 2 N–H and O–H groups in total. The lowest BCUT2D eigenvalue weighted by molar-refractivity contribution is 0.461.